The van der Waals surface area contributed by atoms with Crippen LogP contribution in [0.5, 0.6) is 5.88 Å². The minimum atomic E-state index is -0.257. The van der Waals surface area contributed by atoms with E-state index in [9.17, 15) is 4.79 Å². The van der Waals surface area contributed by atoms with Gasteiger partial charge in [0.1, 0.15) is 11.4 Å². The van der Waals surface area contributed by atoms with E-state index in [0.29, 0.717) is 24.8 Å². The molecule has 3 aromatic rings. The molecule has 1 amide bonds. The molecule has 1 aromatic heterocycles. The Bertz CT molecular complexity index is 1220. The second-order valence-electron chi connectivity index (χ2n) is 10.3. The maximum Gasteiger partial charge on any atom is 0.270 e. The minimum absolute atomic E-state index is 0.205. The van der Waals surface area contributed by atoms with Crippen molar-refractivity contribution in [1.82, 2.24) is 20.1 Å². The highest BCUT2D eigenvalue weighted by molar-refractivity contribution is 5.94. The maximum absolute atomic E-state index is 12.7. The Balaban J connectivity index is 1.25. The first-order valence-electron chi connectivity index (χ1n) is 13.3. The van der Waals surface area contributed by atoms with Crippen molar-refractivity contribution in [2.75, 3.05) is 51.8 Å². The number of hydrogen-bond donors (Lipinski definition) is 3. The molecule has 0 saturated carbocycles. The fourth-order valence-corrected chi connectivity index (χ4v) is 4.86. The van der Waals surface area contributed by atoms with Gasteiger partial charge in [0.2, 0.25) is 5.88 Å². The number of hydrogen-bond acceptors (Lipinski definition) is 7. The van der Waals surface area contributed by atoms with Crippen molar-refractivity contribution in [1.29, 1.82) is 0 Å². The van der Waals surface area contributed by atoms with E-state index >= 15 is 0 Å². The lowest BCUT2D eigenvalue weighted by atomic mass is 9.96. The van der Waals surface area contributed by atoms with Gasteiger partial charge in [-0.3, -0.25) is 9.69 Å². The van der Waals surface area contributed by atoms with E-state index in [4.69, 9.17) is 16.2 Å². The van der Waals surface area contributed by atoms with Crippen molar-refractivity contribution in [3.63, 3.8) is 0 Å². The highest BCUT2D eigenvalue weighted by Crippen LogP contribution is 2.27. The summed E-state index contributed by atoms with van der Waals surface area (Å²) in [5.74, 6) is 0.383. The predicted octanol–water partition coefficient (Wildman–Crippen LogP) is 4.02. The summed E-state index contributed by atoms with van der Waals surface area (Å²) >= 11 is 0. The van der Waals surface area contributed by atoms with Crippen molar-refractivity contribution in [2.24, 2.45) is 5.92 Å². The summed E-state index contributed by atoms with van der Waals surface area (Å²) in [6.07, 6.45) is 2.08. The molecule has 0 atom stereocenters. The first-order chi connectivity index (χ1) is 18.3. The number of amides is 1. The van der Waals surface area contributed by atoms with Gasteiger partial charge in [0.15, 0.2) is 0 Å². The predicted molar refractivity (Wildman–Crippen MR) is 154 cm³/mol. The zero-order chi connectivity index (χ0) is 27.1. The fraction of sp³-hybridized carbons (Fsp3) is 0.400. The molecule has 1 fully saturated rings. The van der Waals surface area contributed by atoms with Gasteiger partial charge in [-0.25, -0.2) is 4.98 Å². The average Bonchev–Trinajstić information content (AvgIpc) is 2.91. The summed E-state index contributed by atoms with van der Waals surface area (Å²) in [4.78, 5) is 21.6. The summed E-state index contributed by atoms with van der Waals surface area (Å²) in [7, 11) is 4.18. The Morgan fingerprint density at radius 3 is 2.47 bits per heavy atom. The summed E-state index contributed by atoms with van der Waals surface area (Å²) < 4.78 is 5.41. The monoisotopic (exact) mass is 516 g/mol. The normalized spacial score (nSPS) is 14.5. The summed E-state index contributed by atoms with van der Waals surface area (Å²) in [5, 5.41) is 3.01. The van der Waals surface area contributed by atoms with E-state index in [1.807, 2.05) is 6.92 Å². The number of nitrogens with zero attached hydrogens (tertiary/aromatic N) is 3. The first-order valence-corrected chi connectivity index (χ1v) is 13.3. The number of piperidine rings is 1. The molecule has 202 valence electrons. The highest BCUT2D eigenvalue weighted by Gasteiger charge is 2.21. The molecule has 0 bridgehead atoms. The second kappa shape index (κ2) is 12.8. The average molecular weight is 517 g/mol. The molecule has 1 aliphatic heterocycles. The van der Waals surface area contributed by atoms with Crippen LogP contribution in [0.4, 0.5) is 11.4 Å². The number of anilines is 2. The second-order valence-corrected chi connectivity index (χ2v) is 10.3. The Morgan fingerprint density at radius 1 is 1.05 bits per heavy atom. The third kappa shape index (κ3) is 7.24. The number of ether oxygens (including phenoxy) is 1. The van der Waals surface area contributed by atoms with E-state index in [0.717, 1.165) is 39.0 Å². The Labute approximate surface area is 226 Å². The molecule has 2 heterocycles. The number of nitrogens with two attached hydrogens (primary N) is 2. The molecule has 0 spiro atoms. The lowest BCUT2D eigenvalue weighted by Gasteiger charge is -2.32. The molecule has 0 unspecified atom stereocenters. The maximum atomic E-state index is 12.7. The van der Waals surface area contributed by atoms with E-state index in [2.05, 4.69) is 82.7 Å². The van der Waals surface area contributed by atoms with Crippen LogP contribution in [0.3, 0.4) is 0 Å². The summed E-state index contributed by atoms with van der Waals surface area (Å²) in [6, 6.07) is 19.2. The topological polar surface area (TPSA) is 110 Å². The standard InChI is InChI=1S/C30H40N6O2/c1-4-38-30-28(32)26(31)17-27(34-30)29(37)33-18-21-12-14-36(15-13-21)20-22-8-10-24(11-9-22)25-7-5-6-23(16-25)19-35(2)3/h5-11,16-17,21H,4,12-15,18-20,32H2,1-3H3,(H2,31,34)(H,33,37). The number of likely N-dealkylation sites (tertiary alicyclic amines) is 1. The number of carbonyl (C=O) groups excluding carboxylic acids is 1. The third-order valence-electron chi connectivity index (χ3n) is 6.95. The molecule has 0 radical (unpaired) electrons. The number of benzene rings is 2. The Hall–Kier alpha value is -3.62. The van der Waals surface area contributed by atoms with Crippen LogP contribution in [-0.4, -0.2) is 61.0 Å². The Kier molecular flexibility index (Phi) is 9.20. The van der Waals surface area contributed by atoms with E-state index in [1.165, 1.54) is 28.3 Å². The van der Waals surface area contributed by atoms with Gasteiger partial charge in [0.05, 0.1) is 12.3 Å². The van der Waals surface area contributed by atoms with Gasteiger partial charge in [-0.1, -0.05) is 42.5 Å². The van der Waals surface area contributed by atoms with Crippen molar-refractivity contribution >= 4 is 17.3 Å². The first kappa shape index (κ1) is 27.4. The van der Waals surface area contributed by atoms with Crippen LogP contribution in [0.2, 0.25) is 0 Å². The SMILES string of the molecule is CCOc1nc(C(=O)NCC2CCN(Cc3ccc(-c4cccc(CN(C)C)c4)cc3)CC2)cc(N)c1N. The van der Waals surface area contributed by atoms with Crippen molar-refractivity contribution < 1.29 is 9.53 Å². The number of pyridine rings is 1. The highest BCUT2D eigenvalue weighted by atomic mass is 16.5. The molecule has 1 aliphatic rings. The van der Waals surface area contributed by atoms with Gasteiger partial charge < -0.3 is 26.4 Å². The fourth-order valence-electron chi connectivity index (χ4n) is 4.86. The van der Waals surface area contributed by atoms with Crippen LogP contribution in [0.25, 0.3) is 11.1 Å². The van der Waals surface area contributed by atoms with Crippen LogP contribution in [0.1, 0.15) is 41.4 Å². The van der Waals surface area contributed by atoms with Crippen LogP contribution < -0.4 is 21.5 Å². The van der Waals surface area contributed by atoms with E-state index < -0.39 is 0 Å². The smallest absolute Gasteiger partial charge is 0.270 e. The minimum Gasteiger partial charge on any atom is -0.476 e. The van der Waals surface area contributed by atoms with Crippen LogP contribution >= 0.6 is 0 Å². The molecule has 8 nitrogen and oxygen atoms in total. The van der Waals surface area contributed by atoms with E-state index in [1.54, 1.807) is 0 Å². The van der Waals surface area contributed by atoms with Crippen LogP contribution in [0.15, 0.2) is 54.6 Å². The molecule has 8 heteroatoms. The van der Waals surface area contributed by atoms with Crippen LogP contribution in [-0.2, 0) is 13.1 Å². The van der Waals surface area contributed by atoms with Crippen molar-refractivity contribution in [3.05, 3.63) is 71.4 Å². The number of carbonyl (C=O) groups is 1. The van der Waals surface area contributed by atoms with Crippen LogP contribution in [0, 0.1) is 5.92 Å². The molecule has 4 rings (SSSR count). The van der Waals surface area contributed by atoms with Crippen molar-refractivity contribution in [2.45, 2.75) is 32.9 Å². The molecule has 1 saturated heterocycles. The number of nitrogen functional groups attached to an aromatic ring is 2. The number of rotatable bonds is 10. The van der Waals surface area contributed by atoms with Gasteiger partial charge >= 0.3 is 0 Å². The van der Waals surface area contributed by atoms with Gasteiger partial charge in [0.25, 0.3) is 5.91 Å². The van der Waals surface area contributed by atoms with Gasteiger partial charge in [-0.05, 0) is 87.3 Å². The largest absolute Gasteiger partial charge is 0.476 e. The van der Waals surface area contributed by atoms with Gasteiger partial charge in [0, 0.05) is 19.6 Å². The lowest BCUT2D eigenvalue weighted by molar-refractivity contribution is 0.0929. The molecule has 0 aliphatic carbocycles. The molecular formula is C30H40N6O2. The lowest BCUT2D eigenvalue weighted by Crippen LogP contribution is -2.38. The zero-order valence-electron chi connectivity index (χ0n) is 22.7. The Morgan fingerprint density at radius 2 is 1.79 bits per heavy atom. The zero-order valence-corrected chi connectivity index (χ0v) is 22.7. The third-order valence-corrected chi connectivity index (χ3v) is 6.95. The summed E-state index contributed by atoms with van der Waals surface area (Å²) in [5.41, 5.74) is 17.8. The van der Waals surface area contributed by atoms with E-state index in [-0.39, 0.29) is 23.2 Å². The molecular weight excluding hydrogens is 476 g/mol. The number of aromatic nitrogens is 1. The van der Waals surface area contributed by atoms with Crippen molar-refractivity contribution in [3.8, 4) is 17.0 Å². The molecule has 38 heavy (non-hydrogen) atoms. The van der Waals surface area contributed by atoms with Gasteiger partial charge in [-0.15, -0.1) is 0 Å². The molecule has 5 N–H and O–H groups in total. The number of nitrogens with one attached hydrogen (secondary N) is 1. The summed E-state index contributed by atoms with van der Waals surface area (Å²) in [6.45, 7) is 6.74. The van der Waals surface area contributed by atoms with Gasteiger partial charge in [-0.2, -0.15) is 0 Å². The molecule has 2 aromatic carbocycles. The quantitative estimate of drug-likeness (QED) is 0.373.